The number of hydrogen-bond donors (Lipinski definition) is 3. The number of benzene rings is 1. The molecule has 4 rings (SSSR count). The second kappa shape index (κ2) is 10.0. The van der Waals surface area contributed by atoms with Crippen molar-refractivity contribution in [1.82, 2.24) is 29.4 Å². The zero-order valence-electron chi connectivity index (χ0n) is 22.4. The lowest BCUT2D eigenvalue weighted by molar-refractivity contribution is -0.129. The molecule has 3 aromatic heterocycles. The van der Waals surface area contributed by atoms with Crippen LogP contribution in [0.5, 0.6) is 5.75 Å². The number of carbonyl (C=O) groups is 1. The first-order valence-electron chi connectivity index (χ1n) is 12.0. The van der Waals surface area contributed by atoms with Crippen molar-refractivity contribution >= 4 is 27.5 Å². The van der Waals surface area contributed by atoms with Crippen molar-refractivity contribution in [3.8, 4) is 10.8 Å². The van der Waals surface area contributed by atoms with Crippen LogP contribution in [0.3, 0.4) is 0 Å². The SMILES string of the molecule is COc1ccc(F)cc1C(N)(O)Cn1c(=O)n(C(C)(C)C(=O)NC(C)C)c(=O)c2c(C)c(-n3nccn3)sc21. The Kier molecular flexibility index (Phi) is 7.23. The molecule has 4 N–H and O–H groups in total. The summed E-state index contributed by atoms with van der Waals surface area (Å²) in [5.41, 5.74) is 1.10. The van der Waals surface area contributed by atoms with Gasteiger partial charge in [0, 0.05) is 17.2 Å². The predicted molar refractivity (Wildman–Crippen MR) is 144 cm³/mol. The first-order chi connectivity index (χ1) is 18.2. The minimum absolute atomic E-state index is 0.0967. The fraction of sp³-hybridized carbons (Fsp3) is 0.400. The van der Waals surface area contributed by atoms with Crippen molar-refractivity contribution < 1.29 is 19.0 Å². The Labute approximate surface area is 226 Å². The van der Waals surface area contributed by atoms with E-state index in [-0.39, 0.29) is 27.6 Å². The number of amides is 1. The highest BCUT2D eigenvalue weighted by Crippen LogP contribution is 2.33. The van der Waals surface area contributed by atoms with Gasteiger partial charge in [-0.2, -0.15) is 10.2 Å². The van der Waals surface area contributed by atoms with Crippen LogP contribution in [-0.4, -0.2) is 48.3 Å². The zero-order chi connectivity index (χ0) is 28.9. The minimum Gasteiger partial charge on any atom is -0.496 e. The largest absolute Gasteiger partial charge is 0.496 e. The number of fused-ring (bicyclic) bond motifs is 1. The molecule has 4 aromatic rings. The molecule has 12 nitrogen and oxygen atoms in total. The average molecular weight is 560 g/mol. The number of nitrogens with one attached hydrogen (secondary N) is 1. The van der Waals surface area contributed by atoms with E-state index in [1.54, 1.807) is 20.8 Å². The molecule has 1 aromatic carbocycles. The molecule has 208 valence electrons. The quantitative estimate of drug-likeness (QED) is 0.273. The van der Waals surface area contributed by atoms with Crippen LogP contribution < -0.4 is 27.0 Å². The number of methoxy groups -OCH3 is 1. The highest BCUT2D eigenvalue weighted by atomic mass is 32.1. The summed E-state index contributed by atoms with van der Waals surface area (Å²) in [6, 6.07) is 3.20. The van der Waals surface area contributed by atoms with Gasteiger partial charge in [-0.15, -0.1) is 4.80 Å². The number of nitrogens with two attached hydrogens (primary N) is 1. The van der Waals surface area contributed by atoms with Gasteiger partial charge in [0.25, 0.3) is 5.56 Å². The van der Waals surface area contributed by atoms with E-state index in [1.165, 1.54) is 44.2 Å². The molecule has 0 spiro atoms. The normalized spacial score (nSPS) is 13.6. The first kappa shape index (κ1) is 28.1. The molecular weight excluding hydrogens is 529 g/mol. The summed E-state index contributed by atoms with van der Waals surface area (Å²) < 4.78 is 21.4. The van der Waals surface area contributed by atoms with E-state index in [2.05, 4.69) is 15.5 Å². The van der Waals surface area contributed by atoms with Crippen molar-refractivity contribution in [2.24, 2.45) is 5.73 Å². The molecule has 3 heterocycles. The third-order valence-electron chi connectivity index (χ3n) is 6.35. The Morgan fingerprint density at radius 3 is 2.49 bits per heavy atom. The molecule has 1 unspecified atom stereocenters. The second-order valence-corrected chi connectivity index (χ2v) is 11.0. The number of aromatic nitrogens is 5. The van der Waals surface area contributed by atoms with E-state index in [0.29, 0.717) is 10.6 Å². The summed E-state index contributed by atoms with van der Waals surface area (Å²) in [5.74, 6) is -1.14. The molecular formula is C25H30FN7O5S. The number of halogens is 1. The molecule has 0 bridgehead atoms. The number of carbonyl (C=O) groups excluding carboxylic acids is 1. The van der Waals surface area contributed by atoms with Gasteiger partial charge in [0.15, 0.2) is 5.72 Å². The van der Waals surface area contributed by atoms with Gasteiger partial charge in [-0.3, -0.25) is 19.9 Å². The number of ether oxygens (including phenoxy) is 1. The van der Waals surface area contributed by atoms with Gasteiger partial charge in [0.05, 0.1) is 31.4 Å². The maximum absolute atomic E-state index is 14.2. The van der Waals surface area contributed by atoms with Crippen LogP contribution in [0.25, 0.3) is 15.2 Å². The Morgan fingerprint density at radius 2 is 1.90 bits per heavy atom. The van der Waals surface area contributed by atoms with Crippen molar-refractivity contribution in [3.63, 3.8) is 0 Å². The van der Waals surface area contributed by atoms with Crippen LogP contribution in [0, 0.1) is 12.7 Å². The Balaban J connectivity index is 2.05. The lowest BCUT2D eigenvalue weighted by atomic mass is 10.0. The number of rotatable bonds is 8. The third-order valence-corrected chi connectivity index (χ3v) is 7.63. The third kappa shape index (κ3) is 4.86. The Morgan fingerprint density at radius 1 is 1.26 bits per heavy atom. The van der Waals surface area contributed by atoms with Gasteiger partial charge in [-0.1, -0.05) is 11.3 Å². The standard InChI is InChI=1S/C25H30FN7O5S/c1-13(2)30-22(35)24(4,5)32-19(34)18-14(3)20(33-28-9-10-29-33)39-21(18)31(23(32)36)12-25(27,37)16-11-15(26)7-8-17(16)38-6/h7-11,13,37H,12,27H2,1-6H3,(H,30,35). The summed E-state index contributed by atoms with van der Waals surface area (Å²) >= 11 is 1.04. The van der Waals surface area contributed by atoms with Gasteiger partial charge in [-0.25, -0.2) is 13.8 Å². The van der Waals surface area contributed by atoms with Crippen molar-refractivity contribution in [1.29, 1.82) is 0 Å². The topological polar surface area (TPSA) is 159 Å². The summed E-state index contributed by atoms with van der Waals surface area (Å²) in [4.78, 5) is 42.5. The number of aliphatic hydroxyl groups is 1. The molecule has 39 heavy (non-hydrogen) atoms. The predicted octanol–water partition coefficient (Wildman–Crippen LogP) is 1.33. The van der Waals surface area contributed by atoms with E-state index in [4.69, 9.17) is 10.5 Å². The molecule has 0 aliphatic rings. The average Bonchev–Trinajstić information content (AvgIpc) is 3.49. The smallest absolute Gasteiger partial charge is 0.333 e. The summed E-state index contributed by atoms with van der Waals surface area (Å²) in [6.07, 6.45) is 2.92. The van der Waals surface area contributed by atoms with E-state index < -0.39 is 40.8 Å². The van der Waals surface area contributed by atoms with Crippen molar-refractivity contribution in [2.75, 3.05) is 7.11 Å². The van der Waals surface area contributed by atoms with Crippen LogP contribution in [0.1, 0.15) is 38.8 Å². The molecule has 1 atom stereocenters. The molecule has 0 aliphatic carbocycles. The Hall–Kier alpha value is -3.88. The number of nitrogens with zero attached hydrogens (tertiary/aromatic N) is 5. The van der Waals surface area contributed by atoms with Crippen molar-refractivity contribution in [2.45, 2.75) is 58.5 Å². The maximum atomic E-state index is 14.2. The van der Waals surface area contributed by atoms with E-state index >= 15 is 0 Å². The highest BCUT2D eigenvalue weighted by Gasteiger charge is 2.38. The van der Waals surface area contributed by atoms with E-state index in [0.717, 1.165) is 32.6 Å². The van der Waals surface area contributed by atoms with Gasteiger partial charge in [0.2, 0.25) is 5.91 Å². The molecule has 0 aliphatic heterocycles. The summed E-state index contributed by atoms with van der Waals surface area (Å²) in [7, 11) is 1.33. The molecule has 0 radical (unpaired) electrons. The fourth-order valence-electron chi connectivity index (χ4n) is 4.36. The number of thiophene rings is 1. The lowest BCUT2D eigenvalue weighted by Crippen LogP contribution is -2.57. The van der Waals surface area contributed by atoms with Gasteiger partial charge in [0.1, 0.15) is 26.9 Å². The maximum Gasteiger partial charge on any atom is 0.333 e. The molecule has 1 amide bonds. The van der Waals surface area contributed by atoms with E-state index in [1.807, 2.05) is 0 Å². The van der Waals surface area contributed by atoms with E-state index in [9.17, 15) is 23.9 Å². The van der Waals surface area contributed by atoms with Crippen LogP contribution >= 0.6 is 11.3 Å². The Bertz CT molecular complexity index is 1670. The fourth-order valence-corrected chi connectivity index (χ4v) is 5.57. The van der Waals surface area contributed by atoms with Gasteiger partial charge < -0.3 is 15.2 Å². The molecule has 0 saturated carbocycles. The van der Waals surface area contributed by atoms with Gasteiger partial charge in [-0.05, 0) is 52.8 Å². The van der Waals surface area contributed by atoms with Crippen LogP contribution in [0.2, 0.25) is 0 Å². The van der Waals surface area contributed by atoms with Crippen LogP contribution in [0.15, 0.2) is 40.2 Å². The summed E-state index contributed by atoms with van der Waals surface area (Å²) in [5, 5.41) is 23.0. The molecule has 14 heteroatoms. The highest BCUT2D eigenvalue weighted by molar-refractivity contribution is 7.21. The number of aryl methyl sites for hydroxylation is 1. The molecule has 0 fully saturated rings. The van der Waals surface area contributed by atoms with Crippen LogP contribution in [0.4, 0.5) is 4.39 Å². The molecule has 0 saturated heterocycles. The zero-order valence-corrected chi connectivity index (χ0v) is 23.2. The minimum atomic E-state index is -2.32. The monoisotopic (exact) mass is 559 g/mol. The summed E-state index contributed by atoms with van der Waals surface area (Å²) in [6.45, 7) is 7.48. The van der Waals surface area contributed by atoms with Crippen molar-refractivity contribution in [3.05, 3.63) is 68.4 Å². The number of hydrogen-bond acceptors (Lipinski definition) is 9. The second-order valence-electron chi connectivity index (χ2n) is 10.00. The first-order valence-corrected chi connectivity index (χ1v) is 12.8. The van der Waals surface area contributed by atoms with Gasteiger partial charge >= 0.3 is 5.69 Å². The van der Waals surface area contributed by atoms with Crippen LogP contribution in [-0.2, 0) is 22.6 Å². The lowest BCUT2D eigenvalue weighted by Gasteiger charge is -2.30.